The Kier molecular flexibility index (Phi) is 5.08. The molecular formula is C19H22N6O2S. The second-order valence-electron chi connectivity index (χ2n) is 7.01. The molecule has 1 unspecified atom stereocenters. The van der Waals surface area contributed by atoms with Crippen molar-refractivity contribution in [2.24, 2.45) is 13.0 Å². The Balaban J connectivity index is 1.38. The molecule has 3 heterocycles. The molecule has 0 saturated heterocycles. The first-order valence-electron chi connectivity index (χ1n) is 9.17. The Morgan fingerprint density at radius 3 is 2.93 bits per heavy atom. The summed E-state index contributed by atoms with van der Waals surface area (Å²) in [5.41, 5.74) is 2.39. The second kappa shape index (κ2) is 7.67. The normalized spacial score (nSPS) is 18.1. The van der Waals surface area contributed by atoms with Crippen molar-refractivity contribution in [3.63, 3.8) is 0 Å². The van der Waals surface area contributed by atoms with E-state index in [1.54, 1.807) is 13.1 Å². The van der Waals surface area contributed by atoms with E-state index in [-0.39, 0.29) is 5.56 Å². The molecule has 1 fully saturated rings. The van der Waals surface area contributed by atoms with E-state index in [0.717, 1.165) is 27.8 Å². The van der Waals surface area contributed by atoms with Crippen LogP contribution in [0.2, 0.25) is 0 Å². The summed E-state index contributed by atoms with van der Waals surface area (Å²) < 4.78 is 7.17. The van der Waals surface area contributed by atoms with E-state index in [4.69, 9.17) is 4.74 Å². The zero-order valence-corrected chi connectivity index (χ0v) is 16.9. The van der Waals surface area contributed by atoms with Crippen molar-refractivity contribution in [1.82, 2.24) is 25.0 Å². The summed E-state index contributed by atoms with van der Waals surface area (Å²) in [4.78, 5) is 16.9. The van der Waals surface area contributed by atoms with Gasteiger partial charge < -0.3 is 10.1 Å². The van der Waals surface area contributed by atoms with E-state index in [1.807, 2.05) is 26.0 Å². The maximum atomic E-state index is 12.3. The van der Waals surface area contributed by atoms with Crippen molar-refractivity contribution < 1.29 is 4.74 Å². The average molecular weight is 398 g/mol. The molecule has 28 heavy (non-hydrogen) atoms. The van der Waals surface area contributed by atoms with E-state index < -0.39 is 0 Å². The van der Waals surface area contributed by atoms with E-state index in [1.165, 1.54) is 16.0 Å². The Hall–Kier alpha value is -2.81. The molecule has 1 aliphatic rings. The third kappa shape index (κ3) is 4.19. The predicted octanol–water partition coefficient (Wildman–Crippen LogP) is 2.44. The Morgan fingerprint density at radius 2 is 2.18 bits per heavy atom. The molecule has 3 aromatic rings. The standard InChI is InChI=1S/C19H22N6O2S/c1-11-5-4-6-15(21-11)14-7-13(14)10-27-17-8-16(19(26)25(3)24-17)20-9-18-23-22-12(2)28-18/h4-6,8,13-14,20H,7,9-10H2,1-3H3/t13?,14-/m0/s1. The lowest BCUT2D eigenvalue weighted by Gasteiger charge is -2.10. The Morgan fingerprint density at radius 1 is 1.32 bits per heavy atom. The van der Waals surface area contributed by atoms with Crippen LogP contribution in [0.1, 0.15) is 33.7 Å². The topological polar surface area (TPSA) is 94.8 Å². The van der Waals surface area contributed by atoms with Gasteiger partial charge in [-0.2, -0.15) is 0 Å². The lowest BCUT2D eigenvalue weighted by molar-refractivity contribution is 0.278. The number of rotatable bonds is 7. The predicted molar refractivity (Wildman–Crippen MR) is 107 cm³/mol. The van der Waals surface area contributed by atoms with Crippen LogP contribution in [0.15, 0.2) is 29.1 Å². The first kappa shape index (κ1) is 18.5. The lowest BCUT2D eigenvalue weighted by atomic mass is 10.2. The molecule has 146 valence electrons. The van der Waals surface area contributed by atoms with Crippen LogP contribution in [0.3, 0.4) is 0 Å². The minimum atomic E-state index is -0.207. The van der Waals surface area contributed by atoms with Crippen molar-refractivity contribution in [1.29, 1.82) is 0 Å². The molecule has 2 atom stereocenters. The molecule has 4 rings (SSSR count). The van der Waals surface area contributed by atoms with Crippen molar-refractivity contribution in [3.8, 4) is 5.88 Å². The molecule has 1 saturated carbocycles. The van der Waals surface area contributed by atoms with Gasteiger partial charge in [0.2, 0.25) is 5.88 Å². The maximum Gasteiger partial charge on any atom is 0.290 e. The van der Waals surface area contributed by atoms with Gasteiger partial charge in [-0.15, -0.1) is 15.3 Å². The number of pyridine rings is 1. The highest BCUT2D eigenvalue weighted by atomic mass is 32.1. The van der Waals surface area contributed by atoms with E-state index in [2.05, 4.69) is 31.7 Å². The second-order valence-corrected chi connectivity index (χ2v) is 8.28. The molecule has 1 N–H and O–H groups in total. The molecule has 9 heteroatoms. The van der Waals surface area contributed by atoms with Crippen molar-refractivity contribution in [2.45, 2.75) is 32.7 Å². The van der Waals surface area contributed by atoms with Gasteiger partial charge in [-0.3, -0.25) is 9.78 Å². The van der Waals surface area contributed by atoms with Crippen LogP contribution in [0.25, 0.3) is 0 Å². The first-order valence-corrected chi connectivity index (χ1v) is 9.99. The maximum absolute atomic E-state index is 12.3. The van der Waals surface area contributed by atoms with Crippen LogP contribution in [0, 0.1) is 19.8 Å². The summed E-state index contributed by atoms with van der Waals surface area (Å²) in [5, 5.41) is 17.1. The number of aryl methyl sites for hydroxylation is 3. The summed E-state index contributed by atoms with van der Waals surface area (Å²) >= 11 is 1.50. The highest BCUT2D eigenvalue weighted by Crippen LogP contribution is 2.46. The zero-order chi connectivity index (χ0) is 19.7. The number of nitrogens with one attached hydrogen (secondary N) is 1. The van der Waals surface area contributed by atoms with Crippen LogP contribution in [-0.4, -0.2) is 31.6 Å². The Bertz CT molecular complexity index is 1050. The van der Waals surface area contributed by atoms with E-state index in [0.29, 0.717) is 36.6 Å². The van der Waals surface area contributed by atoms with Gasteiger partial charge in [0, 0.05) is 36.3 Å². The monoisotopic (exact) mass is 398 g/mol. The molecule has 0 bridgehead atoms. The smallest absolute Gasteiger partial charge is 0.290 e. The summed E-state index contributed by atoms with van der Waals surface area (Å²) in [7, 11) is 1.62. The summed E-state index contributed by atoms with van der Waals surface area (Å²) in [6.07, 6.45) is 1.06. The zero-order valence-electron chi connectivity index (χ0n) is 16.0. The molecule has 0 radical (unpaired) electrons. The fraction of sp³-hybridized carbons (Fsp3) is 0.421. The molecule has 0 aromatic carbocycles. The van der Waals surface area contributed by atoms with Gasteiger partial charge in [0.05, 0.1) is 13.2 Å². The van der Waals surface area contributed by atoms with Crippen LogP contribution >= 0.6 is 11.3 Å². The molecule has 0 amide bonds. The van der Waals surface area contributed by atoms with Gasteiger partial charge >= 0.3 is 0 Å². The quantitative estimate of drug-likeness (QED) is 0.653. The summed E-state index contributed by atoms with van der Waals surface area (Å²) in [6.45, 7) is 4.90. The van der Waals surface area contributed by atoms with Gasteiger partial charge in [0.1, 0.15) is 15.7 Å². The number of aromatic nitrogens is 5. The SMILES string of the molecule is Cc1cccc([C@H]2CC2COc2cc(NCc3nnc(C)s3)c(=O)n(C)n2)n1. The van der Waals surface area contributed by atoms with E-state index >= 15 is 0 Å². The fourth-order valence-electron chi connectivity index (χ4n) is 3.12. The summed E-state index contributed by atoms with van der Waals surface area (Å²) in [5.74, 6) is 1.29. The number of nitrogens with zero attached hydrogens (tertiary/aromatic N) is 5. The highest BCUT2D eigenvalue weighted by Gasteiger charge is 2.40. The minimum Gasteiger partial charge on any atom is -0.476 e. The number of ether oxygens (including phenoxy) is 1. The lowest BCUT2D eigenvalue weighted by Crippen LogP contribution is -2.24. The molecular weight excluding hydrogens is 376 g/mol. The van der Waals surface area contributed by atoms with Crippen LogP contribution in [0.5, 0.6) is 5.88 Å². The largest absolute Gasteiger partial charge is 0.476 e. The molecule has 1 aliphatic carbocycles. The molecule has 3 aromatic heterocycles. The number of hydrogen-bond acceptors (Lipinski definition) is 8. The van der Waals surface area contributed by atoms with Crippen molar-refractivity contribution >= 4 is 17.0 Å². The third-order valence-corrected chi connectivity index (χ3v) is 5.53. The third-order valence-electron chi connectivity index (χ3n) is 4.70. The molecule has 0 aliphatic heterocycles. The first-order chi connectivity index (χ1) is 13.5. The highest BCUT2D eigenvalue weighted by molar-refractivity contribution is 7.11. The van der Waals surface area contributed by atoms with Gasteiger partial charge in [0.25, 0.3) is 5.56 Å². The van der Waals surface area contributed by atoms with Crippen LogP contribution in [-0.2, 0) is 13.6 Å². The van der Waals surface area contributed by atoms with Gasteiger partial charge in [-0.05, 0) is 32.4 Å². The molecule has 0 spiro atoms. The van der Waals surface area contributed by atoms with Gasteiger partial charge in [0.15, 0.2) is 0 Å². The van der Waals surface area contributed by atoms with Crippen molar-refractivity contribution in [3.05, 3.63) is 56.0 Å². The van der Waals surface area contributed by atoms with E-state index in [9.17, 15) is 4.79 Å². The van der Waals surface area contributed by atoms with Gasteiger partial charge in [-0.1, -0.05) is 17.4 Å². The fourth-order valence-corrected chi connectivity index (χ4v) is 3.76. The molecule has 8 nitrogen and oxygen atoms in total. The number of anilines is 1. The Labute approximate surface area is 166 Å². The minimum absolute atomic E-state index is 0.207. The summed E-state index contributed by atoms with van der Waals surface area (Å²) in [6, 6.07) is 7.77. The van der Waals surface area contributed by atoms with Gasteiger partial charge in [-0.25, -0.2) is 4.68 Å². The van der Waals surface area contributed by atoms with Crippen molar-refractivity contribution in [2.75, 3.05) is 11.9 Å². The van der Waals surface area contributed by atoms with Crippen LogP contribution in [0.4, 0.5) is 5.69 Å². The van der Waals surface area contributed by atoms with Crippen LogP contribution < -0.4 is 15.6 Å². The number of hydrogen-bond donors (Lipinski definition) is 1. The average Bonchev–Trinajstić information content (AvgIpc) is 3.34.